The van der Waals surface area contributed by atoms with Crippen LogP contribution in [0.2, 0.25) is 0 Å². The molecule has 0 aliphatic heterocycles. The number of aromatic nitrogens is 1. The Hall–Kier alpha value is -1.14. The maximum absolute atomic E-state index is 11.8. The van der Waals surface area contributed by atoms with Gasteiger partial charge < -0.3 is 5.73 Å². The molecule has 0 amide bonds. The number of unbranched alkanes of at least 4 members (excludes halogenated alkanes) is 2. The molecular formula is C10H17N3O2S. The van der Waals surface area contributed by atoms with Crippen LogP contribution in [0.5, 0.6) is 0 Å². The normalized spacial score (nSPS) is 11.6. The van der Waals surface area contributed by atoms with Crippen LogP contribution in [0.1, 0.15) is 26.2 Å². The fraction of sp³-hybridized carbons (Fsp3) is 0.500. The quantitative estimate of drug-likeness (QED) is 0.733. The summed E-state index contributed by atoms with van der Waals surface area (Å²) in [5.74, 6) is 0.0329. The molecule has 0 aliphatic rings. The minimum Gasteiger partial charge on any atom is -0.383 e. The molecule has 0 saturated heterocycles. The highest BCUT2D eigenvalue weighted by atomic mass is 32.2. The van der Waals surface area contributed by atoms with Crippen LogP contribution < -0.4 is 10.5 Å². The van der Waals surface area contributed by atoms with Crippen LogP contribution in [0.15, 0.2) is 23.2 Å². The Morgan fingerprint density at radius 1 is 1.44 bits per heavy atom. The van der Waals surface area contributed by atoms with E-state index in [0.29, 0.717) is 6.54 Å². The van der Waals surface area contributed by atoms with Crippen LogP contribution in [0.3, 0.4) is 0 Å². The molecule has 0 radical (unpaired) electrons. The fourth-order valence-corrected chi connectivity index (χ4v) is 2.44. The van der Waals surface area contributed by atoms with Gasteiger partial charge >= 0.3 is 0 Å². The van der Waals surface area contributed by atoms with Crippen LogP contribution in [0.25, 0.3) is 0 Å². The minimum absolute atomic E-state index is 0.0329. The Labute approximate surface area is 96.1 Å². The molecular weight excluding hydrogens is 226 g/mol. The number of hydrogen-bond acceptors (Lipinski definition) is 4. The Balaban J connectivity index is 2.68. The second kappa shape index (κ2) is 5.81. The monoisotopic (exact) mass is 243 g/mol. The summed E-state index contributed by atoms with van der Waals surface area (Å²) in [5, 5.41) is 0. The predicted molar refractivity (Wildman–Crippen MR) is 63.4 cm³/mol. The second-order valence-electron chi connectivity index (χ2n) is 3.49. The van der Waals surface area contributed by atoms with Crippen molar-refractivity contribution >= 4 is 15.8 Å². The minimum atomic E-state index is -3.51. The summed E-state index contributed by atoms with van der Waals surface area (Å²) in [6.45, 7) is 2.50. The number of rotatable bonds is 6. The molecule has 1 aromatic heterocycles. The number of anilines is 1. The van der Waals surface area contributed by atoms with Crippen molar-refractivity contribution in [2.45, 2.75) is 31.1 Å². The van der Waals surface area contributed by atoms with Crippen LogP contribution in [0, 0.1) is 0 Å². The number of nitrogens with one attached hydrogen (secondary N) is 1. The van der Waals surface area contributed by atoms with Crippen molar-refractivity contribution in [2.75, 3.05) is 12.3 Å². The maximum atomic E-state index is 11.8. The zero-order valence-electron chi connectivity index (χ0n) is 9.31. The van der Waals surface area contributed by atoms with Gasteiger partial charge in [-0.05, 0) is 18.6 Å². The van der Waals surface area contributed by atoms with E-state index in [9.17, 15) is 8.42 Å². The van der Waals surface area contributed by atoms with Gasteiger partial charge in [-0.1, -0.05) is 19.8 Å². The van der Waals surface area contributed by atoms with Crippen molar-refractivity contribution in [3.8, 4) is 0 Å². The Bertz CT molecular complexity index is 431. The lowest BCUT2D eigenvalue weighted by Gasteiger charge is -2.07. The summed E-state index contributed by atoms with van der Waals surface area (Å²) in [7, 11) is -3.51. The molecule has 0 fully saturated rings. The van der Waals surface area contributed by atoms with E-state index in [0.717, 1.165) is 19.3 Å². The molecule has 5 nitrogen and oxygen atoms in total. The van der Waals surface area contributed by atoms with E-state index in [-0.39, 0.29) is 10.7 Å². The first-order valence-electron chi connectivity index (χ1n) is 5.28. The van der Waals surface area contributed by atoms with Gasteiger partial charge in [0.1, 0.15) is 10.7 Å². The topological polar surface area (TPSA) is 85.1 Å². The summed E-state index contributed by atoms with van der Waals surface area (Å²) < 4.78 is 26.1. The lowest BCUT2D eigenvalue weighted by molar-refractivity contribution is 0.576. The molecule has 1 aromatic rings. The van der Waals surface area contributed by atoms with Gasteiger partial charge in [0.05, 0.1) is 0 Å². The van der Waals surface area contributed by atoms with Gasteiger partial charge in [0, 0.05) is 12.7 Å². The largest absolute Gasteiger partial charge is 0.383 e. The van der Waals surface area contributed by atoms with Gasteiger partial charge in [0.25, 0.3) is 0 Å². The summed E-state index contributed by atoms with van der Waals surface area (Å²) >= 11 is 0. The van der Waals surface area contributed by atoms with E-state index in [1.807, 2.05) is 0 Å². The van der Waals surface area contributed by atoms with Crippen LogP contribution in [-0.2, 0) is 10.0 Å². The number of nitrogens with zero attached hydrogens (tertiary/aromatic N) is 1. The molecule has 16 heavy (non-hydrogen) atoms. The van der Waals surface area contributed by atoms with Gasteiger partial charge in [-0.25, -0.2) is 18.1 Å². The van der Waals surface area contributed by atoms with E-state index in [1.54, 1.807) is 6.07 Å². The van der Waals surface area contributed by atoms with Gasteiger partial charge in [0.15, 0.2) is 0 Å². The third-order valence-corrected chi connectivity index (χ3v) is 3.67. The van der Waals surface area contributed by atoms with Crippen LogP contribution in [-0.4, -0.2) is 19.9 Å². The van der Waals surface area contributed by atoms with E-state index in [2.05, 4.69) is 16.6 Å². The average Bonchev–Trinajstić information content (AvgIpc) is 2.25. The van der Waals surface area contributed by atoms with Gasteiger partial charge in [-0.3, -0.25) is 0 Å². The smallest absolute Gasteiger partial charge is 0.244 e. The van der Waals surface area contributed by atoms with Crippen molar-refractivity contribution in [3.05, 3.63) is 18.3 Å². The maximum Gasteiger partial charge on any atom is 0.244 e. The molecule has 0 aromatic carbocycles. The van der Waals surface area contributed by atoms with Crippen LogP contribution in [0.4, 0.5) is 5.82 Å². The lowest BCUT2D eigenvalue weighted by atomic mass is 10.3. The summed E-state index contributed by atoms with van der Waals surface area (Å²) in [4.78, 5) is 3.80. The van der Waals surface area contributed by atoms with Crippen molar-refractivity contribution < 1.29 is 8.42 Å². The van der Waals surface area contributed by atoms with E-state index in [1.165, 1.54) is 12.3 Å². The highest BCUT2D eigenvalue weighted by Crippen LogP contribution is 2.13. The molecule has 1 rings (SSSR count). The summed E-state index contributed by atoms with van der Waals surface area (Å²) in [6, 6.07) is 3.00. The lowest BCUT2D eigenvalue weighted by Crippen LogP contribution is -2.25. The molecule has 1 heterocycles. The molecule has 0 atom stereocenters. The first-order chi connectivity index (χ1) is 7.58. The third-order valence-electron chi connectivity index (χ3n) is 2.16. The molecule has 3 N–H and O–H groups in total. The zero-order valence-corrected chi connectivity index (χ0v) is 10.1. The molecule has 90 valence electrons. The standard InChI is InChI=1S/C10H17N3O2S/c1-2-3-4-8-13-16(14,15)9-6-5-7-12-10(9)11/h5-7,13H,2-4,8H2,1H3,(H2,11,12). The second-order valence-corrected chi connectivity index (χ2v) is 5.23. The fourth-order valence-electron chi connectivity index (χ4n) is 1.29. The Morgan fingerprint density at radius 3 is 2.81 bits per heavy atom. The van der Waals surface area contributed by atoms with E-state index >= 15 is 0 Å². The van der Waals surface area contributed by atoms with Gasteiger partial charge in [0.2, 0.25) is 10.0 Å². The molecule has 0 aliphatic carbocycles. The molecule has 0 spiro atoms. The van der Waals surface area contributed by atoms with Crippen molar-refractivity contribution in [2.24, 2.45) is 0 Å². The highest BCUT2D eigenvalue weighted by Gasteiger charge is 2.16. The molecule has 0 saturated carbocycles. The summed E-state index contributed by atoms with van der Waals surface area (Å²) in [6.07, 6.45) is 4.35. The SMILES string of the molecule is CCCCCNS(=O)(=O)c1cccnc1N. The van der Waals surface area contributed by atoms with Crippen molar-refractivity contribution in [1.29, 1.82) is 0 Å². The van der Waals surface area contributed by atoms with Crippen molar-refractivity contribution in [3.63, 3.8) is 0 Å². The van der Waals surface area contributed by atoms with Crippen LogP contribution >= 0.6 is 0 Å². The molecule has 6 heteroatoms. The molecule has 0 unspecified atom stereocenters. The zero-order chi connectivity index (χ0) is 12.0. The highest BCUT2D eigenvalue weighted by molar-refractivity contribution is 7.89. The van der Waals surface area contributed by atoms with E-state index in [4.69, 9.17) is 5.73 Å². The number of hydrogen-bond donors (Lipinski definition) is 2. The number of nitrogen functional groups attached to an aromatic ring is 1. The number of nitrogens with two attached hydrogens (primary N) is 1. The summed E-state index contributed by atoms with van der Waals surface area (Å²) in [5.41, 5.74) is 5.51. The third kappa shape index (κ3) is 3.46. The average molecular weight is 243 g/mol. The Kier molecular flexibility index (Phi) is 4.70. The number of sulfonamides is 1. The van der Waals surface area contributed by atoms with Crippen molar-refractivity contribution in [1.82, 2.24) is 9.71 Å². The Morgan fingerprint density at radius 2 is 2.19 bits per heavy atom. The van der Waals surface area contributed by atoms with E-state index < -0.39 is 10.0 Å². The first-order valence-corrected chi connectivity index (χ1v) is 6.76. The predicted octanol–water partition coefficient (Wildman–Crippen LogP) is 1.13. The molecule has 0 bridgehead atoms. The van der Waals surface area contributed by atoms with Gasteiger partial charge in [-0.2, -0.15) is 0 Å². The first kappa shape index (κ1) is 12.9. The number of pyridine rings is 1. The van der Waals surface area contributed by atoms with Gasteiger partial charge in [-0.15, -0.1) is 0 Å².